The van der Waals surface area contributed by atoms with Gasteiger partial charge in [-0.15, -0.1) is 0 Å². The molecule has 0 aliphatic rings. The van der Waals surface area contributed by atoms with Gasteiger partial charge in [0.1, 0.15) is 0 Å². The SMILES string of the molecule is CCCC(=N)c1cnsc1. The number of hydrogen-bond donors (Lipinski definition) is 1. The first-order chi connectivity index (χ1) is 4.84. The lowest BCUT2D eigenvalue weighted by molar-refractivity contribution is 0.986. The number of rotatable bonds is 3. The van der Waals surface area contributed by atoms with Crippen LogP contribution in [-0.4, -0.2) is 10.1 Å². The van der Waals surface area contributed by atoms with Crippen LogP contribution in [0.15, 0.2) is 11.6 Å². The minimum atomic E-state index is 0.705. The fraction of sp³-hybridized carbons (Fsp3) is 0.429. The molecule has 0 spiro atoms. The summed E-state index contributed by atoms with van der Waals surface area (Å²) >= 11 is 1.40. The molecule has 0 radical (unpaired) electrons. The van der Waals surface area contributed by atoms with E-state index in [9.17, 15) is 0 Å². The first kappa shape index (κ1) is 7.41. The normalized spacial score (nSPS) is 9.70. The lowest BCUT2D eigenvalue weighted by Crippen LogP contribution is -1.94. The van der Waals surface area contributed by atoms with Crippen LogP contribution < -0.4 is 0 Å². The van der Waals surface area contributed by atoms with E-state index in [1.807, 2.05) is 5.38 Å². The average molecular weight is 154 g/mol. The first-order valence-corrected chi connectivity index (χ1v) is 4.15. The van der Waals surface area contributed by atoms with Crippen molar-refractivity contribution in [3.63, 3.8) is 0 Å². The zero-order valence-corrected chi connectivity index (χ0v) is 6.74. The molecular formula is C7H10N2S. The Balaban J connectivity index is 2.59. The van der Waals surface area contributed by atoms with Crippen molar-refractivity contribution in [3.8, 4) is 0 Å². The molecule has 2 nitrogen and oxygen atoms in total. The second-order valence-electron chi connectivity index (χ2n) is 2.14. The number of hydrogen-bond acceptors (Lipinski definition) is 3. The average Bonchev–Trinajstić information content (AvgIpc) is 2.38. The van der Waals surface area contributed by atoms with Crippen LogP contribution in [0.2, 0.25) is 0 Å². The number of aromatic nitrogens is 1. The smallest absolute Gasteiger partial charge is 0.0497 e. The Morgan fingerprint density at radius 2 is 2.60 bits per heavy atom. The van der Waals surface area contributed by atoms with Gasteiger partial charge in [-0.05, 0) is 18.0 Å². The maximum absolute atomic E-state index is 7.51. The van der Waals surface area contributed by atoms with Crippen LogP contribution in [0.4, 0.5) is 0 Å². The fourth-order valence-corrected chi connectivity index (χ4v) is 1.30. The molecule has 0 saturated heterocycles. The lowest BCUT2D eigenvalue weighted by atomic mass is 10.1. The van der Waals surface area contributed by atoms with E-state index in [1.54, 1.807) is 6.20 Å². The molecule has 0 aromatic carbocycles. The summed E-state index contributed by atoms with van der Waals surface area (Å²) < 4.78 is 3.93. The molecule has 1 N–H and O–H groups in total. The highest BCUT2D eigenvalue weighted by Gasteiger charge is 1.99. The Morgan fingerprint density at radius 3 is 3.10 bits per heavy atom. The third-order valence-corrected chi connectivity index (χ3v) is 1.87. The maximum atomic E-state index is 7.51. The molecule has 0 fully saturated rings. The van der Waals surface area contributed by atoms with E-state index in [4.69, 9.17) is 5.41 Å². The molecule has 3 heteroatoms. The lowest BCUT2D eigenvalue weighted by Gasteiger charge is -1.94. The third-order valence-electron chi connectivity index (χ3n) is 1.28. The summed E-state index contributed by atoms with van der Waals surface area (Å²) in [5.41, 5.74) is 1.68. The van der Waals surface area contributed by atoms with Gasteiger partial charge in [-0.25, -0.2) is 4.37 Å². The summed E-state index contributed by atoms with van der Waals surface area (Å²) in [6.45, 7) is 2.08. The second kappa shape index (κ2) is 3.46. The van der Waals surface area contributed by atoms with Gasteiger partial charge in [0, 0.05) is 22.9 Å². The van der Waals surface area contributed by atoms with Crippen molar-refractivity contribution in [3.05, 3.63) is 17.1 Å². The van der Waals surface area contributed by atoms with Crippen molar-refractivity contribution >= 4 is 17.2 Å². The highest BCUT2D eigenvalue weighted by Crippen LogP contribution is 2.05. The Hall–Kier alpha value is -0.700. The molecule has 0 amide bonds. The van der Waals surface area contributed by atoms with E-state index < -0.39 is 0 Å². The van der Waals surface area contributed by atoms with Crippen LogP contribution in [0.25, 0.3) is 0 Å². The summed E-state index contributed by atoms with van der Waals surface area (Å²) in [6.07, 6.45) is 3.65. The summed E-state index contributed by atoms with van der Waals surface area (Å²) in [6, 6.07) is 0. The Bertz CT molecular complexity index is 203. The molecule has 0 bridgehead atoms. The van der Waals surface area contributed by atoms with Gasteiger partial charge in [0.2, 0.25) is 0 Å². The Morgan fingerprint density at radius 1 is 1.80 bits per heavy atom. The van der Waals surface area contributed by atoms with E-state index in [0.717, 1.165) is 18.4 Å². The van der Waals surface area contributed by atoms with Crippen LogP contribution in [-0.2, 0) is 0 Å². The zero-order valence-electron chi connectivity index (χ0n) is 5.92. The predicted octanol–water partition coefficient (Wildman–Crippen LogP) is 2.31. The highest BCUT2D eigenvalue weighted by molar-refractivity contribution is 7.03. The van der Waals surface area contributed by atoms with E-state index >= 15 is 0 Å². The summed E-state index contributed by atoms with van der Waals surface area (Å²) in [5.74, 6) is 0. The van der Waals surface area contributed by atoms with Crippen molar-refractivity contribution in [2.24, 2.45) is 0 Å². The summed E-state index contributed by atoms with van der Waals surface area (Å²) in [4.78, 5) is 0. The molecule has 10 heavy (non-hydrogen) atoms. The molecule has 54 valence electrons. The van der Waals surface area contributed by atoms with Crippen LogP contribution in [0.3, 0.4) is 0 Å². The van der Waals surface area contributed by atoms with E-state index in [1.165, 1.54) is 11.5 Å². The van der Waals surface area contributed by atoms with E-state index in [0.29, 0.717) is 5.71 Å². The third kappa shape index (κ3) is 1.64. The molecule has 1 aromatic rings. The van der Waals surface area contributed by atoms with Crippen molar-refractivity contribution in [1.29, 1.82) is 5.41 Å². The van der Waals surface area contributed by atoms with Crippen LogP contribution in [0.1, 0.15) is 25.3 Å². The van der Waals surface area contributed by atoms with Gasteiger partial charge in [-0.2, -0.15) is 0 Å². The van der Waals surface area contributed by atoms with Crippen LogP contribution >= 0.6 is 11.5 Å². The second-order valence-corrected chi connectivity index (χ2v) is 2.80. The zero-order chi connectivity index (χ0) is 7.40. The highest BCUT2D eigenvalue weighted by atomic mass is 32.1. The standard InChI is InChI=1S/C7H10N2S/c1-2-3-7(8)6-4-9-10-5-6/h4-5,8H,2-3H2,1H3. The molecule has 0 aliphatic heterocycles. The summed E-state index contributed by atoms with van der Waals surface area (Å²) in [5, 5.41) is 9.43. The number of nitrogens with zero attached hydrogens (tertiary/aromatic N) is 1. The minimum Gasteiger partial charge on any atom is -0.305 e. The molecule has 1 heterocycles. The van der Waals surface area contributed by atoms with Crippen molar-refractivity contribution in [2.75, 3.05) is 0 Å². The van der Waals surface area contributed by atoms with Gasteiger partial charge in [0.25, 0.3) is 0 Å². The monoisotopic (exact) mass is 154 g/mol. The van der Waals surface area contributed by atoms with Gasteiger partial charge in [-0.3, -0.25) is 0 Å². The van der Waals surface area contributed by atoms with Crippen LogP contribution in [0.5, 0.6) is 0 Å². The maximum Gasteiger partial charge on any atom is 0.0497 e. The molecular weight excluding hydrogens is 144 g/mol. The molecule has 1 aromatic heterocycles. The van der Waals surface area contributed by atoms with Gasteiger partial charge in [0.15, 0.2) is 0 Å². The van der Waals surface area contributed by atoms with Crippen molar-refractivity contribution in [1.82, 2.24) is 4.37 Å². The predicted molar refractivity (Wildman–Crippen MR) is 43.9 cm³/mol. The van der Waals surface area contributed by atoms with Crippen LogP contribution in [0, 0.1) is 5.41 Å². The topological polar surface area (TPSA) is 36.7 Å². The minimum absolute atomic E-state index is 0.705. The molecule has 0 unspecified atom stereocenters. The van der Waals surface area contributed by atoms with Crippen molar-refractivity contribution in [2.45, 2.75) is 19.8 Å². The summed E-state index contributed by atoms with van der Waals surface area (Å²) in [7, 11) is 0. The van der Waals surface area contributed by atoms with Gasteiger partial charge in [0.05, 0.1) is 0 Å². The first-order valence-electron chi connectivity index (χ1n) is 3.31. The molecule has 0 saturated carbocycles. The largest absolute Gasteiger partial charge is 0.305 e. The van der Waals surface area contributed by atoms with Gasteiger partial charge < -0.3 is 5.41 Å². The van der Waals surface area contributed by atoms with Gasteiger partial charge in [-0.1, -0.05) is 13.3 Å². The fourth-order valence-electron chi connectivity index (χ4n) is 0.748. The Kier molecular flexibility index (Phi) is 2.57. The van der Waals surface area contributed by atoms with Gasteiger partial charge >= 0.3 is 0 Å². The number of nitrogens with one attached hydrogen (secondary N) is 1. The molecule has 0 aliphatic carbocycles. The van der Waals surface area contributed by atoms with E-state index in [-0.39, 0.29) is 0 Å². The van der Waals surface area contributed by atoms with E-state index in [2.05, 4.69) is 11.3 Å². The Labute approximate surface area is 64.6 Å². The molecule has 0 atom stereocenters. The molecule has 1 rings (SSSR count). The van der Waals surface area contributed by atoms with Crippen molar-refractivity contribution < 1.29 is 0 Å². The quantitative estimate of drug-likeness (QED) is 0.666.